The molecule has 0 unspecified atom stereocenters. The highest BCUT2D eigenvalue weighted by atomic mass is 32.2. The molecular weight excluding hydrogens is 350 g/mol. The normalized spacial score (nSPS) is 12.2. The van der Waals surface area contributed by atoms with Crippen LogP contribution in [0.1, 0.15) is 26.7 Å². The van der Waals surface area contributed by atoms with Crippen LogP contribution in [0.3, 0.4) is 0 Å². The Morgan fingerprint density at radius 3 is 1.68 bits per heavy atom. The Kier molecular flexibility index (Phi) is 16.9. The molecule has 0 saturated heterocycles. The number of likely N-dealkylation sites (N-methyl/N-ethyl adjacent to an activating group) is 1. The third kappa shape index (κ3) is 19.9. The zero-order valence-corrected chi connectivity index (χ0v) is 16.5. The largest absolute Gasteiger partial charge is 0.379 e. The lowest BCUT2D eigenvalue weighted by atomic mass is 10.4. The van der Waals surface area contributed by atoms with Gasteiger partial charge in [-0.2, -0.15) is 8.42 Å². The second kappa shape index (κ2) is 17.1. The molecule has 1 N–H and O–H groups in total. The lowest BCUT2D eigenvalue weighted by Crippen LogP contribution is -2.30. The van der Waals surface area contributed by atoms with Crippen LogP contribution in [0, 0.1) is 0 Å². The Morgan fingerprint density at radius 1 is 0.760 bits per heavy atom. The molecule has 0 saturated carbocycles. The number of rotatable bonds is 19. The maximum atomic E-state index is 10.7. The molecule has 0 aliphatic heterocycles. The van der Waals surface area contributed by atoms with Crippen LogP contribution in [0.15, 0.2) is 0 Å². The van der Waals surface area contributed by atoms with Gasteiger partial charge < -0.3 is 23.8 Å². The number of hydrogen-bond donors (Lipinski definition) is 1. The van der Waals surface area contributed by atoms with Crippen molar-refractivity contribution >= 4 is 10.1 Å². The lowest BCUT2D eigenvalue weighted by molar-refractivity contribution is -0.00367. The lowest BCUT2D eigenvalue weighted by Gasteiger charge is -2.19. The summed E-state index contributed by atoms with van der Waals surface area (Å²) in [7, 11) is -3.87. The van der Waals surface area contributed by atoms with Crippen LogP contribution >= 0.6 is 0 Å². The zero-order chi connectivity index (χ0) is 18.8. The highest BCUT2D eigenvalue weighted by Crippen LogP contribution is 1.95. The fourth-order valence-electron chi connectivity index (χ4n) is 2.00. The van der Waals surface area contributed by atoms with Gasteiger partial charge >= 0.3 is 0 Å². The summed E-state index contributed by atoms with van der Waals surface area (Å²) in [6, 6.07) is 0. The molecule has 0 radical (unpaired) electrons. The standard InChI is InChI=1S/C16H35NO7S/c1-3-8-21-10-12-23-14-15-24-13-11-22-9-7-17(4-2)6-5-16-25(18,19)20/h3-16H2,1-2H3,(H,18,19,20). The van der Waals surface area contributed by atoms with E-state index < -0.39 is 10.1 Å². The molecule has 0 atom stereocenters. The van der Waals surface area contributed by atoms with Gasteiger partial charge in [0.25, 0.3) is 10.1 Å². The van der Waals surface area contributed by atoms with Crippen molar-refractivity contribution in [2.45, 2.75) is 26.7 Å². The molecular formula is C16H35NO7S. The molecule has 0 aromatic rings. The van der Waals surface area contributed by atoms with Crippen molar-refractivity contribution < 1.29 is 31.9 Å². The maximum absolute atomic E-state index is 10.7. The van der Waals surface area contributed by atoms with E-state index in [1.54, 1.807) is 0 Å². The molecule has 0 bridgehead atoms. The van der Waals surface area contributed by atoms with Crippen LogP contribution in [0.25, 0.3) is 0 Å². The van der Waals surface area contributed by atoms with Crippen LogP contribution in [0.2, 0.25) is 0 Å². The van der Waals surface area contributed by atoms with Gasteiger partial charge in [-0.05, 0) is 25.9 Å². The Bertz CT molecular complexity index is 379. The molecule has 152 valence electrons. The van der Waals surface area contributed by atoms with Crippen molar-refractivity contribution in [1.29, 1.82) is 0 Å². The number of ether oxygens (including phenoxy) is 4. The summed E-state index contributed by atoms with van der Waals surface area (Å²) < 4.78 is 51.6. The van der Waals surface area contributed by atoms with Crippen molar-refractivity contribution in [3.63, 3.8) is 0 Å². The molecule has 0 rings (SSSR count). The Balaban J connectivity index is 3.33. The first-order valence-electron chi connectivity index (χ1n) is 8.98. The number of nitrogens with zero attached hydrogens (tertiary/aromatic N) is 1. The second-order valence-corrected chi connectivity index (χ2v) is 7.10. The summed E-state index contributed by atoms with van der Waals surface area (Å²) in [4.78, 5) is 2.08. The van der Waals surface area contributed by atoms with Crippen LogP contribution in [0.4, 0.5) is 0 Å². The van der Waals surface area contributed by atoms with Crippen LogP contribution < -0.4 is 0 Å². The van der Waals surface area contributed by atoms with E-state index in [1.165, 1.54) is 0 Å². The van der Waals surface area contributed by atoms with Crippen molar-refractivity contribution in [2.75, 3.05) is 78.2 Å². The second-order valence-electron chi connectivity index (χ2n) is 5.52. The number of hydrogen-bond acceptors (Lipinski definition) is 7. The third-order valence-electron chi connectivity index (χ3n) is 3.34. The predicted molar refractivity (Wildman–Crippen MR) is 96.7 cm³/mol. The summed E-state index contributed by atoms with van der Waals surface area (Å²) >= 11 is 0. The SMILES string of the molecule is CCCOCCOCCOCCOCCN(CC)CCCS(=O)(=O)O. The molecule has 9 heteroatoms. The van der Waals surface area contributed by atoms with Crippen LogP contribution in [-0.2, 0) is 29.1 Å². The van der Waals surface area contributed by atoms with Gasteiger partial charge in [0.15, 0.2) is 0 Å². The highest BCUT2D eigenvalue weighted by Gasteiger charge is 2.07. The Hall–Kier alpha value is -0.290. The Labute approximate surface area is 152 Å². The van der Waals surface area contributed by atoms with Crippen molar-refractivity contribution in [3.05, 3.63) is 0 Å². The minimum atomic E-state index is -3.87. The van der Waals surface area contributed by atoms with Gasteiger partial charge in [0, 0.05) is 13.2 Å². The monoisotopic (exact) mass is 385 g/mol. The van der Waals surface area contributed by atoms with Gasteiger partial charge in [-0.15, -0.1) is 0 Å². The van der Waals surface area contributed by atoms with E-state index in [0.717, 1.165) is 26.1 Å². The molecule has 0 heterocycles. The molecule has 0 amide bonds. The van der Waals surface area contributed by atoms with E-state index in [-0.39, 0.29) is 5.75 Å². The molecule has 0 aromatic heterocycles. The van der Waals surface area contributed by atoms with Crippen molar-refractivity contribution in [3.8, 4) is 0 Å². The first-order chi connectivity index (χ1) is 12.0. The zero-order valence-electron chi connectivity index (χ0n) is 15.7. The summed E-state index contributed by atoms with van der Waals surface area (Å²) in [5.74, 6) is -0.203. The minimum Gasteiger partial charge on any atom is -0.379 e. The fourth-order valence-corrected chi connectivity index (χ4v) is 2.49. The summed E-state index contributed by atoms with van der Waals surface area (Å²) in [6.07, 6.45) is 1.43. The molecule has 0 aromatic carbocycles. The molecule has 0 aliphatic carbocycles. The van der Waals surface area contributed by atoms with Crippen molar-refractivity contribution in [2.24, 2.45) is 0 Å². The van der Waals surface area contributed by atoms with E-state index >= 15 is 0 Å². The molecule has 0 fully saturated rings. The molecule has 25 heavy (non-hydrogen) atoms. The van der Waals surface area contributed by atoms with Crippen molar-refractivity contribution in [1.82, 2.24) is 4.90 Å². The van der Waals surface area contributed by atoms with Gasteiger partial charge in [0.2, 0.25) is 0 Å². The summed E-state index contributed by atoms with van der Waals surface area (Å²) in [5, 5.41) is 0. The van der Waals surface area contributed by atoms with Gasteiger partial charge in [-0.25, -0.2) is 0 Å². The smallest absolute Gasteiger partial charge is 0.264 e. The molecule has 0 aliphatic rings. The predicted octanol–water partition coefficient (Wildman–Crippen LogP) is 1.06. The van der Waals surface area contributed by atoms with E-state index in [0.29, 0.717) is 59.2 Å². The Morgan fingerprint density at radius 2 is 1.24 bits per heavy atom. The van der Waals surface area contributed by atoms with E-state index in [1.807, 2.05) is 6.92 Å². The van der Waals surface area contributed by atoms with E-state index in [4.69, 9.17) is 23.5 Å². The minimum absolute atomic E-state index is 0.203. The van der Waals surface area contributed by atoms with Crippen LogP contribution in [-0.4, -0.2) is 96.1 Å². The average Bonchev–Trinajstić information content (AvgIpc) is 2.56. The molecule has 8 nitrogen and oxygen atoms in total. The van der Waals surface area contributed by atoms with Crippen LogP contribution in [0.5, 0.6) is 0 Å². The van der Waals surface area contributed by atoms with Gasteiger partial charge in [0.1, 0.15) is 0 Å². The topological polar surface area (TPSA) is 94.5 Å². The van der Waals surface area contributed by atoms with Gasteiger partial charge in [0.05, 0.1) is 52.0 Å². The van der Waals surface area contributed by atoms with Gasteiger partial charge in [-0.3, -0.25) is 4.55 Å². The maximum Gasteiger partial charge on any atom is 0.264 e. The average molecular weight is 386 g/mol. The fraction of sp³-hybridized carbons (Fsp3) is 1.00. The van der Waals surface area contributed by atoms with Gasteiger partial charge in [-0.1, -0.05) is 13.8 Å². The summed E-state index contributed by atoms with van der Waals surface area (Å²) in [5.41, 5.74) is 0. The highest BCUT2D eigenvalue weighted by molar-refractivity contribution is 7.85. The molecule has 0 spiro atoms. The summed E-state index contributed by atoms with van der Waals surface area (Å²) in [6.45, 7) is 10.9. The quantitative estimate of drug-likeness (QED) is 0.261. The first kappa shape index (κ1) is 24.7. The van der Waals surface area contributed by atoms with E-state index in [9.17, 15) is 8.42 Å². The third-order valence-corrected chi connectivity index (χ3v) is 4.14. The first-order valence-corrected chi connectivity index (χ1v) is 10.6. The van der Waals surface area contributed by atoms with E-state index in [2.05, 4.69) is 11.8 Å².